The van der Waals surface area contributed by atoms with E-state index in [2.05, 4.69) is 33.3 Å². The van der Waals surface area contributed by atoms with Gasteiger partial charge in [-0.3, -0.25) is 9.69 Å². The van der Waals surface area contributed by atoms with Crippen molar-refractivity contribution in [3.05, 3.63) is 47.9 Å². The maximum Gasteiger partial charge on any atom is 0.250 e. The summed E-state index contributed by atoms with van der Waals surface area (Å²) in [5.74, 6) is 7.87. The number of carbonyl (C=O) groups is 1. The number of hydrogen-bond donors (Lipinski definition) is 1. The van der Waals surface area contributed by atoms with E-state index in [9.17, 15) is 4.79 Å². The van der Waals surface area contributed by atoms with Gasteiger partial charge in [0.05, 0.1) is 25.6 Å². The highest BCUT2D eigenvalue weighted by Gasteiger charge is 2.31. The maximum absolute atomic E-state index is 13.1. The Bertz CT molecular complexity index is 1380. The predicted molar refractivity (Wildman–Crippen MR) is 140 cm³/mol. The average molecular weight is 502 g/mol. The molecule has 3 aromatic rings. The first-order valence-electron chi connectivity index (χ1n) is 12.4. The van der Waals surface area contributed by atoms with Gasteiger partial charge in [-0.2, -0.15) is 5.10 Å². The van der Waals surface area contributed by atoms with Gasteiger partial charge < -0.3 is 20.1 Å². The normalized spacial score (nSPS) is 17.6. The zero-order chi connectivity index (χ0) is 25.9. The summed E-state index contributed by atoms with van der Waals surface area (Å²) in [5, 5.41) is 5.39. The standard InChI is InChI=1S/C27H31N7O3/c1-18(15-32-9-4-5-10-32)27(35)33-11-8-20(16-33)34-26-24(25(28)29-17-30-26)23(31-34)7-6-19-12-21(36-2)14-22(13-19)37-3/h12-14,17,20H,1,4-5,8-11,15-16H2,2-3H3,(H2,28,29,30)/t20-/m0/s1. The van der Waals surface area contributed by atoms with Crippen molar-refractivity contribution >= 4 is 22.8 Å². The summed E-state index contributed by atoms with van der Waals surface area (Å²) < 4.78 is 12.5. The minimum atomic E-state index is -0.0483. The molecule has 10 nitrogen and oxygen atoms in total. The molecule has 37 heavy (non-hydrogen) atoms. The van der Waals surface area contributed by atoms with Gasteiger partial charge in [-0.25, -0.2) is 14.6 Å². The molecule has 192 valence electrons. The molecule has 0 radical (unpaired) electrons. The summed E-state index contributed by atoms with van der Waals surface area (Å²) in [6.07, 6.45) is 4.54. The molecule has 0 aliphatic carbocycles. The van der Waals surface area contributed by atoms with E-state index < -0.39 is 0 Å². The zero-order valence-electron chi connectivity index (χ0n) is 21.2. The lowest BCUT2D eigenvalue weighted by Crippen LogP contribution is -2.34. The molecule has 0 bridgehead atoms. The van der Waals surface area contributed by atoms with Gasteiger partial charge in [-0.15, -0.1) is 0 Å². The summed E-state index contributed by atoms with van der Waals surface area (Å²) in [5.41, 5.74) is 8.67. The number of carbonyl (C=O) groups excluding carboxylic acids is 1. The lowest BCUT2D eigenvalue weighted by atomic mass is 10.2. The van der Waals surface area contributed by atoms with Crippen molar-refractivity contribution in [2.75, 3.05) is 52.7 Å². The van der Waals surface area contributed by atoms with Crippen molar-refractivity contribution in [1.82, 2.24) is 29.5 Å². The van der Waals surface area contributed by atoms with Crippen molar-refractivity contribution in [3.8, 4) is 23.3 Å². The number of hydrogen-bond acceptors (Lipinski definition) is 8. The molecule has 1 aromatic carbocycles. The molecule has 2 fully saturated rings. The Morgan fingerprint density at radius 3 is 2.54 bits per heavy atom. The Kier molecular flexibility index (Phi) is 6.97. The maximum atomic E-state index is 13.1. The third-order valence-corrected chi connectivity index (χ3v) is 6.91. The molecule has 1 amide bonds. The van der Waals surface area contributed by atoms with Crippen LogP contribution < -0.4 is 15.2 Å². The second-order valence-electron chi connectivity index (χ2n) is 9.38. The number of nitrogens with two attached hydrogens (primary N) is 1. The van der Waals surface area contributed by atoms with Crippen LogP contribution in [0.1, 0.15) is 36.6 Å². The summed E-state index contributed by atoms with van der Waals surface area (Å²) in [7, 11) is 3.19. The number of benzene rings is 1. The number of aromatic nitrogens is 4. The van der Waals surface area contributed by atoms with Gasteiger partial charge in [-0.1, -0.05) is 12.5 Å². The van der Waals surface area contributed by atoms with E-state index in [1.807, 2.05) is 21.7 Å². The first-order chi connectivity index (χ1) is 18.0. The Morgan fingerprint density at radius 1 is 1.11 bits per heavy atom. The molecule has 0 unspecified atom stereocenters. The molecule has 2 N–H and O–H groups in total. The van der Waals surface area contributed by atoms with E-state index in [1.54, 1.807) is 20.3 Å². The van der Waals surface area contributed by atoms with Crippen LogP contribution in [0.15, 0.2) is 36.7 Å². The molecule has 0 spiro atoms. The fourth-order valence-corrected chi connectivity index (χ4v) is 4.98. The van der Waals surface area contributed by atoms with Crippen LogP contribution in [0, 0.1) is 11.8 Å². The highest BCUT2D eigenvalue weighted by atomic mass is 16.5. The number of likely N-dealkylation sites (tertiary alicyclic amines) is 2. The Morgan fingerprint density at radius 2 is 1.84 bits per heavy atom. The number of amides is 1. The van der Waals surface area contributed by atoms with Gasteiger partial charge in [0.1, 0.15) is 29.3 Å². The van der Waals surface area contributed by atoms with Crippen molar-refractivity contribution in [2.45, 2.75) is 25.3 Å². The largest absolute Gasteiger partial charge is 0.497 e. The van der Waals surface area contributed by atoms with Crippen LogP contribution in [0.5, 0.6) is 11.5 Å². The third-order valence-electron chi connectivity index (χ3n) is 6.91. The first-order valence-corrected chi connectivity index (χ1v) is 12.4. The Balaban J connectivity index is 1.40. The number of methoxy groups -OCH3 is 2. The van der Waals surface area contributed by atoms with Crippen LogP contribution in [0.2, 0.25) is 0 Å². The van der Waals surface area contributed by atoms with Gasteiger partial charge in [-0.05, 0) is 50.4 Å². The predicted octanol–water partition coefficient (Wildman–Crippen LogP) is 2.25. The number of anilines is 1. The molecule has 2 aliphatic rings. The van der Waals surface area contributed by atoms with Gasteiger partial charge in [0.25, 0.3) is 5.91 Å². The lowest BCUT2D eigenvalue weighted by molar-refractivity contribution is -0.126. The fourth-order valence-electron chi connectivity index (χ4n) is 4.98. The average Bonchev–Trinajstić information content (AvgIpc) is 3.67. The van der Waals surface area contributed by atoms with Crippen LogP contribution in [0.4, 0.5) is 5.82 Å². The van der Waals surface area contributed by atoms with Crippen LogP contribution >= 0.6 is 0 Å². The van der Waals surface area contributed by atoms with Gasteiger partial charge in [0.15, 0.2) is 5.65 Å². The molecular weight excluding hydrogens is 470 g/mol. The Hall–Kier alpha value is -4.10. The minimum absolute atomic E-state index is 0.00647. The fraction of sp³-hybridized carbons (Fsp3) is 0.407. The topological polar surface area (TPSA) is 112 Å². The van der Waals surface area contributed by atoms with E-state index in [4.69, 9.17) is 20.3 Å². The number of ether oxygens (including phenoxy) is 2. The molecule has 5 rings (SSSR count). The quantitative estimate of drug-likeness (QED) is 0.404. The van der Waals surface area contributed by atoms with Crippen molar-refractivity contribution in [2.24, 2.45) is 0 Å². The highest BCUT2D eigenvalue weighted by Crippen LogP contribution is 2.29. The SMILES string of the molecule is C=C(CN1CCCC1)C(=O)N1CC[C@H](n2nc(C#Cc3cc(OC)cc(OC)c3)c3c(N)ncnc32)C1. The number of fused-ring (bicyclic) bond motifs is 1. The van der Waals surface area contributed by atoms with Crippen LogP contribution in [-0.4, -0.2) is 82.4 Å². The number of nitrogens with zero attached hydrogens (tertiary/aromatic N) is 6. The molecule has 0 saturated carbocycles. The Labute approximate surface area is 216 Å². The molecule has 4 heterocycles. The molecule has 2 aliphatic heterocycles. The highest BCUT2D eigenvalue weighted by molar-refractivity contribution is 5.93. The van der Waals surface area contributed by atoms with Crippen molar-refractivity contribution < 1.29 is 14.3 Å². The monoisotopic (exact) mass is 501 g/mol. The van der Waals surface area contributed by atoms with Gasteiger partial charge in [0, 0.05) is 36.8 Å². The molecule has 2 aromatic heterocycles. The molecular formula is C27H31N7O3. The lowest BCUT2D eigenvalue weighted by Gasteiger charge is -2.21. The second-order valence-corrected chi connectivity index (χ2v) is 9.38. The van der Waals surface area contributed by atoms with Crippen LogP contribution in [-0.2, 0) is 4.79 Å². The molecule has 2 saturated heterocycles. The summed E-state index contributed by atoms with van der Waals surface area (Å²) >= 11 is 0. The van der Waals surface area contributed by atoms with Crippen molar-refractivity contribution in [3.63, 3.8) is 0 Å². The van der Waals surface area contributed by atoms with Crippen molar-refractivity contribution in [1.29, 1.82) is 0 Å². The summed E-state index contributed by atoms with van der Waals surface area (Å²) in [6.45, 7) is 7.92. The summed E-state index contributed by atoms with van der Waals surface area (Å²) in [4.78, 5) is 25.8. The van der Waals surface area contributed by atoms with E-state index in [-0.39, 0.29) is 11.9 Å². The molecule has 10 heteroatoms. The number of nitrogen functional groups attached to an aromatic ring is 1. The number of rotatable bonds is 6. The third kappa shape index (κ3) is 5.08. The van der Waals surface area contributed by atoms with Crippen LogP contribution in [0.3, 0.4) is 0 Å². The zero-order valence-corrected chi connectivity index (χ0v) is 21.2. The van der Waals surface area contributed by atoms with Crippen LogP contribution in [0.25, 0.3) is 11.0 Å². The minimum Gasteiger partial charge on any atom is -0.497 e. The molecule has 1 atom stereocenters. The van der Waals surface area contributed by atoms with E-state index in [0.29, 0.717) is 64.8 Å². The van der Waals surface area contributed by atoms with Gasteiger partial charge in [0.2, 0.25) is 0 Å². The second kappa shape index (κ2) is 10.5. The smallest absolute Gasteiger partial charge is 0.250 e. The first kappa shape index (κ1) is 24.6. The van der Waals surface area contributed by atoms with E-state index >= 15 is 0 Å². The summed E-state index contributed by atoms with van der Waals surface area (Å²) in [6, 6.07) is 5.38. The van der Waals surface area contributed by atoms with E-state index in [0.717, 1.165) is 19.5 Å². The van der Waals surface area contributed by atoms with Gasteiger partial charge >= 0.3 is 0 Å². The van der Waals surface area contributed by atoms with E-state index in [1.165, 1.54) is 19.2 Å².